The highest BCUT2D eigenvalue weighted by Gasteiger charge is 2.24. The fourth-order valence-corrected chi connectivity index (χ4v) is 2.63. The summed E-state index contributed by atoms with van der Waals surface area (Å²) in [5.41, 5.74) is 0.458. The zero-order chi connectivity index (χ0) is 15.6. The third kappa shape index (κ3) is 3.24. The highest BCUT2D eigenvalue weighted by atomic mass is 32.1. The van der Waals surface area contributed by atoms with Crippen molar-refractivity contribution in [3.05, 3.63) is 23.0 Å². The highest BCUT2D eigenvalue weighted by Crippen LogP contribution is 2.28. The fraction of sp³-hybridized carbons (Fsp3) is 0.417. The van der Waals surface area contributed by atoms with Crippen molar-refractivity contribution < 1.29 is 19.2 Å². The van der Waals surface area contributed by atoms with Crippen molar-refractivity contribution in [3.8, 4) is 0 Å². The van der Waals surface area contributed by atoms with Crippen molar-refractivity contribution in [2.75, 3.05) is 11.9 Å². The lowest BCUT2D eigenvalue weighted by Crippen LogP contribution is -2.27. The number of carboxylic acid groups (broad SMARTS) is 1. The minimum Gasteiger partial charge on any atom is -0.478 e. The van der Waals surface area contributed by atoms with E-state index in [9.17, 15) is 14.7 Å². The van der Waals surface area contributed by atoms with Crippen molar-refractivity contribution in [3.63, 3.8) is 0 Å². The minimum atomic E-state index is -1.09. The van der Waals surface area contributed by atoms with Crippen molar-refractivity contribution in [2.24, 2.45) is 0 Å². The van der Waals surface area contributed by atoms with Gasteiger partial charge in [-0.1, -0.05) is 5.16 Å². The number of carbonyl (C=O) groups excluding carboxylic acids is 1. The fourth-order valence-electron chi connectivity index (χ4n) is 1.77. The SMILES string of the molecule is Cc1noc(CCC(=O)N(C)c2snc(C)c2C(=O)O)n1. The van der Waals surface area contributed by atoms with E-state index in [4.69, 9.17) is 4.52 Å². The zero-order valence-electron chi connectivity index (χ0n) is 11.8. The maximum absolute atomic E-state index is 12.1. The molecule has 0 aromatic carbocycles. The van der Waals surface area contributed by atoms with E-state index in [-0.39, 0.29) is 17.9 Å². The second-order valence-electron chi connectivity index (χ2n) is 4.44. The normalized spacial score (nSPS) is 10.6. The molecule has 2 rings (SSSR count). The number of hydrogen-bond donors (Lipinski definition) is 1. The summed E-state index contributed by atoms with van der Waals surface area (Å²) in [6, 6.07) is 0. The van der Waals surface area contributed by atoms with Gasteiger partial charge in [-0.25, -0.2) is 4.79 Å². The van der Waals surface area contributed by atoms with Gasteiger partial charge in [-0.2, -0.15) is 9.36 Å². The van der Waals surface area contributed by atoms with Crippen LogP contribution in [0.15, 0.2) is 4.52 Å². The quantitative estimate of drug-likeness (QED) is 0.889. The Labute approximate surface area is 124 Å². The predicted molar refractivity (Wildman–Crippen MR) is 74.6 cm³/mol. The molecule has 0 atom stereocenters. The Bertz CT molecular complexity index is 679. The predicted octanol–water partition coefficient (Wildman–Crippen LogP) is 1.44. The number of hydrogen-bond acceptors (Lipinski definition) is 7. The summed E-state index contributed by atoms with van der Waals surface area (Å²) in [5, 5.41) is 13.1. The van der Waals surface area contributed by atoms with Crippen LogP contribution in [0.4, 0.5) is 5.00 Å². The van der Waals surface area contributed by atoms with Crippen LogP contribution in [0, 0.1) is 13.8 Å². The zero-order valence-corrected chi connectivity index (χ0v) is 12.6. The largest absolute Gasteiger partial charge is 0.478 e. The number of rotatable bonds is 5. The average molecular weight is 310 g/mol. The molecule has 9 heteroatoms. The smallest absolute Gasteiger partial charge is 0.340 e. The Hall–Kier alpha value is -2.29. The number of aryl methyl sites for hydroxylation is 3. The first-order chi connectivity index (χ1) is 9.90. The van der Waals surface area contributed by atoms with Crippen LogP contribution in [-0.4, -0.2) is 38.5 Å². The van der Waals surface area contributed by atoms with E-state index in [1.165, 1.54) is 11.9 Å². The van der Waals surface area contributed by atoms with E-state index in [2.05, 4.69) is 14.5 Å². The molecule has 0 saturated heterocycles. The first-order valence-electron chi connectivity index (χ1n) is 6.15. The molecule has 2 heterocycles. The third-order valence-electron chi connectivity index (χ3n) is 2.86. The molecule has 2 aromatic rings. The molecular formula is C12H14N4O4S. The number of aromatic carboxylic acids is 1. The average Bonchev–Trinajstić information content (AvgIpc) is 3.01. The molecule has 0 saturated carbocycles. The standard InChI is InChI=1S/C12H14N4O4S/c1-6-10(12(18)19)11(21-15-6)16(3)9(17)5-4-8-13-7(2)14-20-8/h4-5H2,1-3H3,(H,18,19). The lowest BCUT2D eigenvalue weighted by Gasteiger charge is -2.15. The molecule has 0 spiro atoms. The first kappa shape index (κ1) is 15.1. The molecule has 8 nitrogen and oxygen atoms in total. The van der Waals surface area contributed by atoms with E-state index in [1.807, 2.05) is 0 Å². The van der Waals surface area contributed by atoms with Gasteiger partial charge in [0, 0.05) is 19.9 Å². The van der Waals surface area contributed by atoms with E-state index >= 15 is 0 Å². The number of anilines is 1. The highest BCUT2D eigenvalue weighted by molar-refractivity contribution is 7.11. The maximum Gasteiger partial charge on any atom is 0.340 e. The molecule has 0 aliphatic carbocycles. The molecule has 0 aliphatic rings. The third-order valence-corrected chi connectivity index (χ3v) is 3.88. The van der Waals surface area contributed by atoms with Gasteiger partial charge < -0.3 is 14.5 Å². The topological polar surface area (TPSA) is 109 Å². The van der Waals surface area contributed by atoms with Gasteiger partial charge in [-0.15, -0.1) is 0 Å². The Morgan fingerprint density at radius 3 is 2.67 bits per heavy atom. The van der Waals surface area contributed by atoms with Gasteiger partial charge in [0.2, 0.25) is 11.8 Å². The lowest BCUT2D eigenvalue weighted by molar-refractivity contribution is -0.118. The molecule has 1 amide bonds. The Balaban J connectivity index is 2.07. The van der Waals surface area contributed by atoms with Crippen molar-refractivity contribution >= 4 is 28.4 Å². The summed E-state index contributed by atoms with van der Waals surface area (Å²) in [5.74, 6) is -0.439. The maximum atomic E-state index is 12.1. The molecular weight excluding hydrogens is 296 g/mol. The van der Waals surface area contributed by atoms with Gasteiger partial charge in [0.15, 0.2) is 5.82 Å². The van der Waals surface area contributed by atoms with Gasteiger partial charge in [-0.3, -0.25) is 4.79 Å². The van der Waals surface area contributed by atoms with Gasteiger partial charge in [0.25, 0.3) is 0 Å². The van der Waals surface area contributed by atoms with Crippen molar-refractivity contribution in [2.45, 2.75) is 26.7 Å². The Morgan fingerprint density at radius 1 is 1.38 bits per heavy atom. The minimum absolute atomic E-state index is 0.0597. The summed E-state index contributed by atoms with van der Waals surface area (Å²) < 4.78 is 8.92. The number of carboxylic acids is 1. The van der Waals surface area contributed by atoms with E-state index in [0.29, 0.717) is 28.8 Å². The van der Waals surface area contributed by atoms with Gasteiger partial charge in [0.1, 0.15) is 10.6 Å². The van der Waals surface area contributed by atoms with Crippen LogP contribution >= 0.6 is 11.5 Å². The lowest BCUT2D eigenvalue weighted by atomic mass is 10.2. The van der Waals surface area contributed by atoms with Crippen LogP contribution in [0.3, 0.4) is 0 Å². The molecule has 0 aliphatic heterocycles. The Kier molecular flexibility index (Phi) is 4.32. The van der Waals surface area contributed by atoms with Gasteiger partial charge >= 0.3 is 5.97 Å². The van der Waals surface area contributed by atoms with E-state index in [1.54, 1.807) is 13.8 Å². The number of carbonyl (C=O) groups is 2. The second kappa shape index (κ2) is 6.00. The van der Waals surface area contributed by atoms with Crippen LogP contribution in [0.2, 0.25) is 0 Å². The Morgan fingerprint density at radius 2 is 2.10 bits per heavy atom. The van der Waals surface area contributed by atoms with Crippen molar-refractivity contribution in [1.82, 2.24) is 14.5 Å². The summed E-state index contributed by atoms with van der Waals surface area (Å²) in [7, 11) is 1.53. The molecule has 0 bridgehead atoms. The monoisotopic (exact) mass is 310 g/mol. The number of nitrogens with zero attached hydrogens (tertiary/aromatic N) is 4. The summed E-state index contributed by atoms with van der Waals surface area (Å²) in [6.45, 7) is 3.29. The summed E-state index contributed by atoms with van der Waals surface area (Å²) in [4.78, 5) is 28.7. The number of aromatic nitrogens is 3. The molecule has 112 valence electrons. The van der Waals surface area contributed by atoms with Crippen LogP contribution in [0.5, 0.6) is 0 Å². The van der Waals surface area contributed by atoms with Crippen LogP contribution in [-0.2, 0) is 11.2 Å². The molecule has 1 N–H and O–H groups in total. The van der Waals surface area contributed by atoms with Crippen LogP contribution < -0.4 is 4.90 Å². The van der Waals surface area contributed by atoms with Crippen LogP contribution in [0.1, 0.15) is 34.2 Å². The number of amides is 1. The van der Waals surface area contributed by atoms with Crippen molar-refractivity contribution in [1.29, 1.82) is 0 Å². The molecule has 21 heavy (non-hydrogen) atoms. The molecule has 0 fully saturated rings. The first-order valence-corrected chi connectivity index (χ1v) is 6.92. The van der Waals surface area contributed by atoms with E-state index < -0.39 is 5.97 Å². The van der Waals surface area contributed by atoms with Gasteiger partial charge in [0.05, 0.1) is 5.69 Å². The summed E-state index contributed by atoms with van der Waals surface area (Å²) in [6.07, 6.45) is 0.457. The van der Waals surface area contributed by atoms with Gasteiger partial charge in [-0.05, 0) is 25.4 Å². The molecule has 0 unspecified atom stereocenters. The van der Waals surface area contributed by atoms with Crippen LogP contribution in [0.25, 0.3) is 0 Å². The molecule has 0 radical (unpaired) electrons. The second-order valence-corrected chi connectivity index (χ2v) is 5.19. The molecule has 2 aromatic heterocycles. The summed E-state index contributed by atoms with van der Waals surface area (Å²) >= 11 is 0.990. The van der Waals surface area contributed by atoms with E-state index in [0.717, 1.165) is 11.5 Å².